The third-order valence-electron chi connectivity index (χ3n) is 4.42. The molecule has 0 aliphatic carbocycles. The van der Waals surface area contributed by atoms with E-state index < -0.39 is 24.1 Å². The average Bonchev–Trinajstić information content (AvgIpc) is 2.58. The van der Waals surface area contributed by atoms with E-state index in [1.807, 2.05) is 24.3 Å². The van der Waals surface area contributed by atoms with Crippen molar-refractivity contribution in [3.05, 3.63) is 48.5 Å². The molecule has 0 aliphatic rings. The van der Waals surface area contributed by atoms with E-state index in [2.05, 4.69) is 13.8 Å². The number of halogens is 2. The Hall–Kier alpha value is -1.50. The van der Waals surface area contributed by atoms with Gasteiger partial charge in [0.15, 0.2) is 0 Å². The molecule has 0 bridgehead atoms. The molecule has 0 N–H and O–H groups in total. The standard InChI is InChI=1S/C18H18Cl2GeO4/c1-3-21(4-2,13-5-9-15(10-6-13)24-17(19)22)14-7-11-16(12-8-14)25-18(20)23/h5-12H,3-4H2,1-2H3. The van der Waals surface area contributed by atoms with Crippen molar-refractivity contribution in [1.82, 2.24) is 0 Å². The minimum atomic E-state index is -2.58. The first-order valence-corrected chi connectivity index (χ1v) is 13.7. The average molecular weight is 442 g/mol. The number of hydrogen-bond donors (Lipinski definition) is 0. The van der Waals surface area contributed by atoms with Crippen molar-refractivity contribution in [2.45, 2.75) is 24.4 Å². The second-order valence-electron chi connectivity index (χ2n) is 5.52. The first-order valence-electron chi connectivity index (χ1n) is 7.87. The van der Waals surface area contributed by atoms with Gasteiger partial charge in [0.2, 0.25) is 0 Å². The van der Waals surface area contributed by atoms with Gasteiger partial charge in [-0.3, -0.25) is 0 Å². The van der Waals surface area contributed by atoms with Crippen LogP contribution in [-0.4, -0.2) is 24.1 Å². The first kappa shape index (κ1) is 19.8. The summed E-state index contributed by atoms with van der Waals surface area (Å²) in [6.45, 7) is 4.39. The molecule has 0 spiro atoms. The molecule has 2 aromatic rings. The zero-order valence-electron chi connectivity index (χ0n) is 13.9. The summed E-state index contributed by atoms with van der Waals surface area (Å²) in [7, 11) is 0. The molecular formula is C18H18Cl2GeO4. The zero-order valence-corrected chi connectivity index (χ0v) is 17.5. The molecule has 0 saturated heterocycles. The van der Waals surface area contributed by atoms with E-state index in [4.69, 9.17) is 32.7 Å². The van der Waals surface area contributed by atoms with Crippen molar-refractivity contribution in [2.75, 3.05) is 0 Å². The molecule has 0 fully saturated rings. The van der Waals surface area contributed by atoms with Crippen LogP contribution in [0.3, 0.4) is 0 Å². The molecule has 0 amide bonds. The number of rotatable bonds is 6. The van der Waals surface area contributed by atoms with Crippen LogP contribution in [-0.2, 0) is 0 Å². The van der Waals surface area contributed by atoms with Crippen molar-refractivity contribution < 1.29 is 19.1 Å². The minimum absolute atomic E-state index is 0.427. The van der Waals surface area contributed by atoms with Gasteiger partial charge >= 0.3 is 160 Å². The van der Waals surface area contributed by atoms with E-state index in [1.165, 1.54) is 8.79 Å². The van der Waals surface area contributed by atoms with E-state index in [1.54, 1.807) is 24.3 Å². The van der Waals surface area contributed by atoms with Crippen LogP contribution in [0.25, 0.3) is 0 Å². The van der Waals surface area contributed by atoms with Crippen molar-refractivity contribution in [2.24, 2.45) is 0 Å². The molecule has 7 heteroatoms. The third-order valence-corrected chi connectivity index (χ3v) is 15.7. The van der Waals surface area contributed by atoms with Gasteiger partial charge in [-0.05, 0) is 0 Å². The van der Waals surface area contributed by atoms with Gasteiger partial charge in [-0.15, -0.1) is 0 Å². The van der Waals surface area contributed by atoms with E-state index in [9.17, 15) is 9.59 Å². The molecule has 25 heavy (non-hydrogen) atoms. The van der Waals surface area contributed by atoms with Crippen LogP contribution < -0.4 is 18.3 Å². The molecule has 2 aromatic carbocycles. The van der Waals surface area contributed by atoms with Gasteiger partial charge in [-0.2, -0.15) is 0 Å². The fourth-order valence-electron chi connectivity index (χ4n) is 3.10. The summed E-state index contributed by atoms with van der Waals surface area (Å²) in [5.41, 5.74) is -1.70. The third kappa shape index (κ3) is 4.78. The summed E-state index contributed by atoms with van der Waals surface area (Å²) < 4.78 is 12.3. The van der Waals surface area contributed by atoms with Gasteiger partial charge in [0.05, 0.1) is 0 Å². The molecule has 4 nitrogen and oxygen atoms in total. The van der Waals surface area contributed by atoms with Crippen LogP contribution in [0, 0.1) is 0 Å². The Bertz CT molecular complexity index is 679. The van der Waals surface area contributed by atoms with Crippen molar-refractivity contribution in [3.8, 4) is 11.5 Å². The van der Waals surface area contributed by atoms with Crippen molar-refractivity contribution >= 4 is 56.1 Å². The molecule has 0 atom stereocenters. The second kappa shape index (κ2) is 8.74. The fraction of sp³-hybridized carbons (Fsp3) is 0.222. The Morgan fingerprint density at radius 1 is 0.760 bits per heavy atom. The van der Waals surface area contributed by atoms with Crippen LogP contribution >= 0.6 is 23.2 Å². The molecule has 0 saturated carbocycles. The number of hydrogen-bond acceptors (Lipinski definition) is 4. The quantitative estimate of drug-likeness (QED) is 0.479. The van der Waals surface area contributed by atoms with Gasteiger partial charge in [0, 0.05) is 0 Å². The molecular weight excluding hydrogens is 424 g/mol. The van der Waals surface area contributed by atoms with E-state index >= 15 is 0 Å². The topological polar surface area (TPSA) is 52.6 Å². The maximum atomic E-state index is 10.8. The molecule has 0 unspecified atom stereocenters. The van der Waals surface area contributed by atoms with Crippen molar-refractivity contribution in [1.29, 1.82) is 0 Å². The predicted octanol–water partition coefficient (Wildman–Crippen LogP) is 4.76. The molecule has 0 heterocycles. The Kier molecular flexibility index (Phi) is 6.93. The van der Waals surface area contributed by atoms with Gasteiger partial charge in [-0.1, -0.05) is 0 Å². The zero-order chi connectivity index (χ0) is 18.4. The summed E-state index contributed by atoms with van der Waals surface area (Å²) in [4.78, 5) is 21.7. The Labute approximate surface area is 159 Å². The van der Waals surface area contributed by atoms with E-state index in [0.29, 0.717) is 11.5 Å². The summed E-state index contributed by atoms with van der Waals surface area (Å²) in [5, 5.41) is 2.11. The van der Waals surface area contributed by atoms with Crippen molar-refractivity contribution in [3.63, 3.8) is 0 Å². The number of carbonyl (C=O) groups is 2. The SMILES string of the molecule is C[CH2][Ge]([CH2]C)([c]1ccc(OC(=O)Cl)cc1)[c]1ccc(OC(=O)Cl)cc1. The van der Waals surface area contributed by atoms with Crippen LogP contribution in [0.4, 0.5) is 9.59 Å². The first-order chi connectivity index (χ1) is 11.9. The molecule has 2 rings (SSSR count). The maximum absolute atomic E-state index is 10.8. The Balaban J connectivity index is 2.37. The van der Waals surface area contributed by atoms with Gasteiger partial charge in [0.1, 0.15) is 0 Å². The van der Waals surface area contributed by atoms with Gasteiger partial charge in [-0.25, -0.2) is 0 Å². The van der Waals surface area contributed by atoms with Crippen LogP contribution in [0.1, 0.15) is 13.8 Å². The summed E-state index contributed by atoms with van der Waals surface area (Å²) >= 11 is 7.92. The van der Waals surface area contributed by atoms with Gasteiger partial charge in [0.25, 0.3) is 0 Å². The van der Waals surface area contributed by atoms with Crippen LogP contribution in [0.2, 0.25) is 10.5 Å². The predicted molar refractivity (Wildman–Crippen MR) is 103 cm³/mol. The molecule has 132 valence electrons. The summed E-state index contributed by atoms with van der Waals surface area (Å²) in [6.07, 6.45) is 0. The van der Waals surface area contributed by atoms with Crippen LogP contribution in [0.5, 0.6) is 11.5 Å². The fourth-order valence-corrected chi connectivity index (χ4v) is 11.8. The van der Waals surface area contributed by atoms with Crippen LogP contribution in [0.15, 0.2) is 48.5 Å². The molecule has 0 aromatic heterocycles. The normalized spacial score (nSPS) is 11.0. The summed E-state index contributed by atoms with van der Waals surface area (Å²) in [5.74, 6) is 0.855. The number of carbonyl (C=O) groups excluding carboxylic acids is 2. The monoisotopic (exact) mass is 442 g/mol. The van der Waals surface area contributed by atoms with E-state index in [-0.39, 0.29) is 0 Å². The van der Waals surface area contributed by atoms with Gasteiger partial charge < -0.3 is 0 Å². The van der Waals surface area contributed by atoms with E-state index in [0.717, 1.165) is 10.5 Å². The second-order valence-corrected chi connectivity index (χ2v) is 16.1. The Morgan fingerprint density at radius 2 is 1.08 bits per heavy atom. The molecule has 0 radical (unpaired) electrons. The molecule has 0 aliphatic heterocycles. The number of benzene rings is 2. The Morgan fingerprint density at radius 3 is 1.32 bits per heavy atom. The summed E-state index contributed by atoms with van der Waals surface area (Å²) in [6, 6.07) is 15.1. The number of ether oxygens (including phenoxy) is 2.